The Morgan fingerprint density at radius 1 is 1.15 bits per heavy atom. The van der Waals surface area contributed by atoms with Gasteiger partial charge in [0.15, 0.2) is 0 Å². The molecule has 0 aromatic rings. The van der Waals surface area contributed by atoms with Gasteiger partial charge in [-0.25, -0.2) is 0 Å². The maximum absolute atomic E-state index is 8.93. The normalized spacial score (nSPS) is 14.5. The number of hydrogen-bond acceptors (Lipinski definition) is 1. The van der Waals surface area contributed by atoms with E-state index < -0.39 is 0 Å². The van der Waals surface area contributed by atoms with Crippen LogP contribution in [0.1, 0.15) is 59.8 Å². The fraction of sp³-hybridized carbons (Fsp3) is 1.00. The van der Waals surface area contributed by atoms with Crippen molar-refractivity contribution in [1.82, 2.24) is 0 Å². The highest BCUT2D eigenvalue weighted by molar-refractivity contribution is 4.69. The first-order valence-corrected chi connectivity index (χ1v) is 5.60. The number of rotatable bonds is 6. The second kappa shape index (κ2) is 6.42. The van der Waals surface area contributed by atoms with Crippen LogP contribution in [0.3, 0.4) is 0 Å². The van der Waals surface area contributed by atoms with Gasteiger partial charge < -0.3 is 5.11 Å². The Balaban J connectivity index is 3.79. The van der Waals surface area contributed by atoms with E-state index in [4.69, 9.17) is 5.11 Å². The van der Waals surface area contributed by atoms with E-state index in [2.05, 4.69) is 27.7 Å². The van der Waals surface area contributed by atoms with E-state index in [1.54, 1.807) is 0 Å². The summed E-state index contributed by atoms with van der Waals surface area (Å²) in [6, 6.07) is 0. The molecule has 1 heteroatoms. The summed E-state index contributed by atoms with van der Waals surface area (Å²) in [4.78, 5) is 0. The minimum Gasteiger partial charge on any atom is -0.396 e. The summed E-state index contributed by atoms with van der Waals surface area (Å²) in [5.74, 6) is 0.727. The summed E-state index contributed by atoms with van der Waals surface area (Å²) in [6.45, 7) is 9.42. The van der Waals surface area contributed by atoms with Gasteiger partial charge in [-0.15, -0.1) is 0 Å². The highest BCUT2D eigenvalue weighted by Gasteiger charge is 2.17. The van der Waals surface area contributed by atoms with E-state index in [1.807, 2.05) is 0 Å². The van der Waals surface area contributed by atoms with Crippen molar-refractivity contribution in [3.8, 4) is 0 Å². The van der Waals surface area contributed by atoms with Gasteiger partial charge in [0.1, 0.15) is 0 Å². The molecule has 0 unspecified atom stereocenters. The number of hydrogen-bond donors (Lipinski definition) is 1. The van der Waals surface area contributed by atoms with Crippen molar-refractivity contribution in [2.75, 3.05) is 6.61 Å². The highest BCUT2D eigenvalue weighted by Crippen LogP contribution is 2.29. The predicted molar refractivity (Wildman–Crippen MR) is 58.8 cm³/mol. The van der Waals surface area contributed by atoms with Gasteiger partial charge in [0.25, 0.3) is 0 Å². The zero-order valence-electron chi connectivity index (χ0n) is 9.77. The van der Waals surface area contributed by atoms with Crippen molar-refractivity contribution in [1.29, 1.82) is 0 Å². The van der Waals surface area contributed by atoms with Crippen LogP contribution in [0.25, 0.3) is 0 Å². The van der Waals surface area contributed by atoms with Gasteiger partial charge in [-0.2, -0.15) is 0 Å². The second-order valence-electron chi connectivity index (χ2n) is 5.29. The molecule has 1 atom stereocenters. The van der Waals surface area contributed by atoms with Gasteiger partial charge in [-0.05, 0) is 24.2 Å². The summed E-state index contributed by atoms with van der Waals surface area (Å²) in [5, 5.41) is 8.93. The van der Waals surface area contributed by atoms with Gasteiger partial charge >= 0.3 is 0 Å². The van der Waals surface area contributed by atoms with Crippen LogP contribution in [0, 0.1) is 11.3 Å². The molecule has 0 aliphatic rings. The maximum Gasteiger partial charge on any atom is 0.0433 e. The summed E-state index contributed by atoms with van der Waals surface area (Å²) < 4.78 is 0. The first-order valence-electron chi connectivity index (χ1n) is 5.60. The maximum atomic E-state index is 8.93. The van der Waals surface area contributed by atoms with Crippen molar-refractivity contribution < 1.29 is 5.11 Å². The Kier molecular flexibility index (Phi) is 6.40. The van der Waals surface area contributed by atoms with Crippen molar-refractivity contribution in [3.63, 3.8) is 0 Å². The first kappa shape index (κ1) is 13.0. The fourth-order valence-corrected chi connectivity index (χ4v) is 1.89. The lowest BCUT2D eigenvalue weighted by Gasteiger charge is -2.25. The molecule has 0 aromatic heterocycles. The third kappa shape index (κ3) is 8.29. The van der Waals surface area contributed by atoms with E-state index in [9.17, 15) is 0 Å². The molecule has 1 N–H and O–H groups in total. The van der Waals surface area contributed by atoms with E-state index in [0.717, 1.165) is 12.3 Å². The molecular formula is C12H26O. The molecule has 0 amide bonds. The number of aliphatic hydroxyl groups excluding tert-OH is 1. The SMILES string of the molecule is CCCC[C@H](CCO)CC(C)(C)C. The Morgan fingerprint density at radius 2 is 1.77 bits per heavy atom. The molecule has 13 heavy (non-hydrogen) atoms. The van der Waals surface area contributed by atoms with E-state index in [-0.39, 0.29) is 0 Å². The second-order valence-corrected chi connectivity index (χ2v) is 5.29. The molecule has 0 bridgehead atoms. The van der Waals surface area contributed by atoms with Crippen LogP contribution in [0.5, 0.6) is 0 Å². The zero-order chi connectivity index (χ0) is 10.3. The molecule has 0 rings (SSSR count). The van der Waals surface area contributed by atoms with E-state index in [0.29, 0.717) is 12.0 Å². The van der Waals surface area contributed by atoms with E-state index >= 15 is 0 Å². The number of unbranched alkanes of at least 4 members (excludes halogenated alkanes) is 1. The van der Waals surface area contributed by atoms with Crippen LogP contribution in [-0.4, -0.2) is 11.7 Å². The first-order chi connectivity index (χ1) is 5.99. The average molecular weight is 186 g/mol. The topological polar surface area (TPSA) is 20.2 Å². The summed E-state index contributed by atoms with van der Waals surface area (Å²) in [5.41, 5.74) is 0.410. The van der Waals surface area contributed by atoms with Crippen LogP contribution in [0.15, 0.2) is 0 Å². The van der Waals surface area contributed by atoms with Gasteiger partial charge in [-0.1, -0.05) is 47.0 Å². The van der Waals surface area contributed by atoms with Crippen molar-refractivity contribution >= 4 is 0 Å². The lowest BCUT2D eigenvalue weighted by Crippen LogP contribution is -2.14. The van der Waals surface area contributed by atoms with Crippen molar-refractivity contribution in [3.05, 3.63) is 0 Å². The largest absolute Gasteiger partial charge is 0.396 e. The summed E-state index contributed by atoms with van der Waals surface area (Å²) in [7, 11) is 0. The minimum atomic E-state index is 0.352. The summed E-state index contributed by atoms with van der Waals surface area (Å²) >= 11 is 0. The van der Waals surface area contributed by atoms with Crippen LogP contribution in [-0.2, 0) is 0 Å². The molecule has 0 spiro atoms. The van der Waals surface area contributed by atoms with Crippen LogP contribution < -0.4 is 0 Å². The Labute approximate surface area is 83.5 Å². The van der Waals surface area contributed by atoms with Gasteiger partial charge in [0.2, 0.25) is 0 Å². The Hall–Kier alpha value is -0.0400. The van der Waals surface area contributed by atoms with Crippen LogP contribution >= 0.6 is 0 Å². The summed E-state index contributed by atoms with van der Waals surface area (Å²) in [6.07, 6.45) is 6.09. The van der Waals surface area contributed by atoms with E-state index in [1.165, 1.54) is 25.7 Å². The van der Waals surface area contributed by atoms with Gasteiger partial charge in [0.05, 0.1) is 0 Å². The number of aliphatic hydroxyl groups is 1. The third-order valence-corrected chi connectivity index (χ3v) is 2.40. The van der Waals surface area contributed by atoms with Gasteiger partial charge in [0, 0.05) is 6.61 Å². The molecule has 0 saturated carbocycles. The average Bonchev–Trinajstić information content (AvgIpc) is 1.98. The lowest BCUT2D eigenvalue weighted by molar-refractivity contribution is 0.208. The third-order valence-electron chi connectivity index (χ3n) is 2.40. The molecule has 0 fully saturated rings. The molecule has 0 aliphatic carbocycles. The Morgan fingerprint density at radius 3 is 2.15 bits per heavy atom. The molecule has 80 valence electrons. The molecular weight excluding hydrogens is 160 g/mol. The molecule has 0 aliphatic heterocycles. The minimum absolute atomic E-state index is 0.352. The van der Waals surface area contributed by atoms with Crippen LogP contribution in [0.2, 0.25) is 0 Å². The standard InChI is InChI=1S/C12H26O/c1-5-6-7-11(8-9-13)10-12(2,3)4/h11,13H,5-10H2,1-4H3/t11-/m1/s1. The molecule has 0 aromatic carbocycles. The fourth-order valence-electron chi connectivity index (χ4n) is 1.89. The molecule has 0 saturated heterocycles. The van der Waals surface area contributed by atoms with Crippen LogP contribution in [0.4, 0.5) is 0 Å². The Bertz CT molecular complexity index is 113. The predicted octanol–water partition coefficient (Wildman–Crippen LogP) is 3.61. The molecule has 0 radical (unpaired) electrons. The zero-order valence-corrected chi connectivity index (χ0v) is 9.77. The highest BCUT2D eigenvalue weighted by atomic mass is 16.3. The quantitative estimate of drug-likeness (QED) is 0.672. The van der Waals surface area contributed by atoms with Crippen molar-refractivity contribution in [2.24, 2.45) is 11.3 Å². The monoisotopic (exact) mass is 186 g/mol. The lowest BCUT2D eigenvalue weighted by atomic mass is 9.81. The molecule has 1 nitrogen and oxygen atoms in total. The molecule has 0 heterocycles. The van der Waals surface area contributed by atoms with Crippen molar-refractivity contribution in [2.45, 2.75) is 59.8 Å². The smallest absolute Gasteiger partial charge is 0.0433 e. The van der Waals surface area contributed by atoms with Gasteiger partial charge in [-0.3, -0.25) is 0 Å².